The third-order valence-corrected chi connectivity index (χ3v) is 3.70. The highest BCUT2D eigenvalue weighted by molar-refractivity contribution is 5.82. The maximum Gasteiger partial charge on any atom is 0.239 e. The molecule has 0 radical (unpaired) electrons. The van der Waals surface area contributed by atoms with Crippen molar-refractivity contribution < 1.29 is 4.79 Å². The molecular weight excluding hydrogens is 250 g/mol. The van der Waals surface area contributed by atoms with E-state index in [0.29, 0.717) is 12.6 Å². The summed E-state index contributed by atoms with van der Waals surface area (Å²) in [5.74, 6) is 0.114. The average Bonchev–Trinajstić information content (AvgIpc) is 2.48. The molecule has 0 aromatic heterocycles. The van der Waals surface area contributed by atoms with Crippen molar-refractivity contribution in [3.63, 3.8) is 0 Å². The van der Waals surface area contributed by atoms with Crippen molar-refractivity contribution in [2.24, 2.45) is 0 Å². The van der Waals surface area contributed by atoms with Crippen LogP contribution in [0.2, 0.25) is 0 Å². The number of para-hydroxylation sites is 1. The van der Waals surface area contributed by atoms with Gasteiger partial charge in [-0.1, -0.05) is 32.0 Å². The lowest BCUT2D eigenvalue weighted by Gasteiger charge is -2.35. The minimum absolute atomic E-state index is 0.114. The van der Waals surface area contributed by atoms with Crippen molar-refractivity contribution in [1.29, 1.82) is 0 Å². The van der Waals surface area contributed by atoms with E-state index in [0.717, 1.165) is 32.5 Å². The Morgan fingerprint density at radius 3 is 2.90 bits per heavy atom. The number of carbonyl (C=O) groups is 1. The van der Waals surface area contributed by atoms with E-state index in [1.807, 2.05) is 6.07 Å². The Morgan fingerprint density at radius 1 is 1.35 bits per heavy atom. The number of hydrogen-bond acceptors (Lipinski definition) is 3. The summed E-state index contributed by atoms with van der Waals surface area (Å²) in [6.07, 6.45) is 2.02. The minimum atomic E-state index is 0.114. The zero-order chi connectivity index (χ0) is 14.4. The van der Waals surface area contributed by atoms with Crippen LogP contribution in [0, 0.1) is 0 Å². The molecule has 110 valence electrons. The van der Waals surface area contributed by atoms with E-state index in [9.17, 15) is 4.79 Å². The number of amides is 1. The minimum Gasteiger partial charge on any atom is -0.362 e. The normalized spacial score (nSPS) is 17.7. The van der Waals surface area contributed by atoms with Crippen molar-refractivity contribution in [1.82, 2.24) is 10.6 Å². The van der Waals surface area contributed by atoms with Gasteiger partial charge in [-0.25, -0.2) is 0 Å². The molecule has 0 bridgehead atoms. The Labute approximate surface area is 121 Å². The fraction of sp³-hybridized carbons (Fsp3) is 0.562. The smallest absolute Gasteiger partial charge is 0.239 e. The van der Waals surface area contributed by atoms with Crippen LogP contribution in [0.15, 0.2) is 24.3 Å². The first-order valence-electron chi connectivity index (χ1n) is 7.60. The highest BCUT2D eigenvalue weighted by Crippen LogP contribution is 2.33. The number of nitrogens with zero attached hydrogens (tertiary/aromatic N) is 1. The number of nitrogens with one attached hydrogen (secondary N) is 2. The van der Waals surface area contributed by atoms with Crippen LogP contribution in [0.1, 0.15) is 38.3 Å². The van der Waals surface area contributed by atoms with Gasteiger partial charge in [0.1, 0.15) is 0 Å². The van der Waals surface area contributed by atoms with Gasteiger partial charge in [0, 0.05) is 24.8 Å². The molecule has 20 heavy (non-hydrogen) atoms. The van der Waals surface area contributed by atoms with E-state index in [1.165, 1.54) is 11.3 Å². The second-order valence-corrected chi connectivity index (χ2v) is 5.23. The number of benzene rings is 1. The van der Waals surface area contributed by atoms with Crippen LogP contribution in [-0.4, -0.2) is 32.1 Å². The van der Waals surface area contributed by atoms with Crippen LogP contribution >= 0.6 is 0 Å². The Bertz CT molecular complexity index is 447. The summed E-state index contributed by atoms with van der Waals surface area (Å²) in [6, 6.07) is 8.81. The summed E-state index contributed by atoms with van der Waals surface area (Å²) >= 11 is 0. The first-order chi connectivity index (χ1) is 9.76. The summed E-state index contributed by atoms with van der Waals surface area (Å²) in [6.45, 7) is 7.30. The average molecular weight is 275 g/mol. The van der Waals surface area contributed by atoms with Crippen molar-refractivity contribution in [3.8, 4) is 0 Å². The Balaban J connectivity index is 2.08. The van der Waals surface area contributed by atoms with E-state index in [-0.39, 0.29) is 5.91 Å². The number of fused-ring (bicyclic) bond motifs is 1. The van der Waals surface area contributed by atoms with Crippen molar-refractivity contribution in [3.05, 3.63) is 29.8 Å². The molecule has 0 aliphatic carbocycles. The van der Waals surface area contributed by atoms with Gasteiger partial charge in [0.25, 0.3) is 0 Å². The monoisotopic (exact) mass is 275 g/mol. The van der Waals surface area contributed by atoms with Crippen LogP contribution in [0.25, 0.3) is 0 Å². The molecule has 4 nitrogen and oxygen atoms in total. The topological polar surface area (TPSA) is 44.4 Å². The third-order valence-electron chi connectivity index (χ3n) is 3.70. The molecule has 1 atom stereocenters. The predicted molar refractivity (Wildman–Crippen MR) is 83.0 cm³/mol. The molecule has 0 fully saturated rings. The summed E-state index contributed by atoms with van der Waals surface area (Å²) in [7, 11) is 0. The molecule has 0 spiro atoms. The molecule has 1 unspecified atom stereocenters. The molecule has 2 rings (SSSR count). The Hall–Kier alpha value is -1.55. The van der Waals surface area contributed by atoms with Crippen LogP contribution in [0.4, 0.5) is 5.69 Å². The summed E-state index contributed by atoms with van der Waals surface area (Å²) in [4.78, 5) is 14.1. The number of rotatable bonds is 6. The van der Waals surface area contributed by atoms with E-state index in [4.69, 9.17) is 0 Å². The lowest BCUT2D eigenvalue weighted by molar-refractivity contribution is -0.119. The Morgan fingerprint density at radius 2 is 2.15 bits per heavy atom. The lowest BCUT2D eigenvalue weighted by Crippen LogP contribution is -2.42. The second-order valence-electron chi connectivity index (χ2n) is 5.23. The molecule has 1 aromatic carbocycles. The van der Waals surface area contributed by atoms with Crippen LogP contribution < -0.4 is 15.5 Å². The lowest BCUT2D eigenvalue weighted by atomic mass is 9.96. The van der Waals surface area contributed by atoms with Gasteiger partial charge in [-0.2, -0.15) is 0 Å². The maximum absolute atomic E-state index is 11.9. The third kappa shape index (κ3) is 3.51. The first-order valence-corrected chi connectivity index (χ1v) is 7.60. The Kier molecular flexibility index (Phi) is 5.41. The molecule has 1 aliphatic heterocycles. The van der Waals surface area contributed by atoms with Gasteiger partial charge in [0.2, 0.25) is 5.91 Å². The predicted octanol–water partition coefficient (Wildman–Crippen LogP) is 2.07. The van der Waals surface area contributed by atoms with E-state index < -0.39 is 0 Å². The van der Waals surface area contributed by atoms with Crippen LogP contribution in [0.3, 0.4) is 0 Å². The fourth-order valence-corrected chi connectivity index (χ4v) is 2.75. The van der Waals surface area contributed by atoms with Gasteiger partial charge >= 0.3 is 0 Å². The molecule has 2 N–H and O–H groups in total. The van der Waals surface area contributed by atoms with Gasteiger partial charge in [0.05, 0.1) is 6.54 Å². The van der Waals surface area contributed by atoms with Crippen molar-refractivity contribution >= 4 is 11.6 Å². The summed E-state index contributed by atoms with van der Waals surface area (Å²) < 4.78 is 0. The second kappa shape index (κ2) is 7.29. The maximum atomic E-state index is 11.9. The molecule has 1 heterocycles. The largest absolute Gasteiger partial charge is 0.362 e. The van der Waals surface area contributed by atoms with E-state index >= 15 is 0 Å². The SMILES string of the molecule is CCCNC(=O)CN1CCC(NCC)c2ccccc21. The van der Waals surface area contributed by atoms with Gasteiger partial charge in [0.15, 0.2) is 0 Å². The molecule has 1 aromatic rings. The summed E-state index contributed by atoms with van der Waals surface area (Å²) in [5, 5.41) is 6.47. The quantitative estimate of drug-likeness (QED) is 0.835. The zero-order valence-electron chi connectivity index (χ0n) is 12.5. The molecule has 1 aliphatic rings. The summed E-state index contributed by atoms with van der Waals surface area (Å²) in [5.41, 5.74) is 2.50. The van der Waals surface area contributed by atoms with Gasteiger partial charge < -0.3 is 15.5 Å². The number of carbonyl (C=O) groups excluding carboxylic acids is 1. The highest BCUT2D eigenvalue weighted by atomic mass is 16.2. The zero-order valence-corrected chi connectivity index (χ0v) is 12.5. The van der Waals surface area contributed by atoms with Gasteiger partial charge in [-0.05, 0) is 31.0 Å². The molecule has 1 amide bonds. The van der Waals surface area contributed by atoms with Crippen molar-refractivity contribution in [2.75, 3.05) is 31.1 Å². The number of anilines is 1. The van der Waals surface area contributed by atoms with E-state index in [2.05, 4.69) is 47.6 Å². The molecule has 0 saturated heterocycles. The first kappa shape index (κ1) is 14.9. The molecular formula is C16H25N3O. The van der Waals surface area contributed by atoms with Gasteiger partial charge in [-0.3, -0.25) is 4.79 Å². The van der Waals surface area contributed by atoms with Crippen LogP contribution in [0.5, 0.6) is 0 Å². The highest BCUT2D eigenvalue weighted by Gasteiger charge is 2.25. The van der Waals surface area contributed by atoms with Crippen molar-refractivity contribution in [2.45, 2.75) is 32.7 Å². The fourth-order valence-electron chi connectivity index (χ4n) is 2.75. The number of hydrogen-bond donors (Lipinski definition) is 2. The van der Waals surface area contributed by atoms with Crippen LogP contribution in [-0.2, 0) is 4.79 Å². The standard InChI is InChI=1S/C16H25N3O/c1-3-10-18-16(20)12-19-11-9-14(17-4-2)13-7-5-6-8-15(13)19/h5-8,14,17H,3-4,9-12H2,1-2H3,(H,18,20). The molecule has 4 heteroatoms. The van der Waals surface area contributed by atoms with E-state index in [1.54, 1.807) is 0 Å². The van der Waals surface area contributed by atoms with Gasteiger partial charge in [-0.15, -0.1) is 0 Å². The molecule has 0 saturated carbocycles.